The monoisotopic (exact) mass is 411 g/mol. The third kappa shape index (κ3) is 4.50. The van der Waals surface area contributed by atoms with Crippen molar-refractivity contribution >= 4 is 28.6 Å². The number of thiazole rings is 1. The van der Waals surface area contributed by atoms with Crippen LogP contribution in [0.15, 0.2) is 24.3 Å². The molecule has 0 atom stereocenters. The quantitative estimate of drug-likeness (QED) is 0.600. The molecule has 0 fully saturated rings. The van der Waals surface area contributed by atoms with Crippen molar-refractivity contribution in [1.29, 1.82) is 0 Å². The van der Waals surface area contributed by atoms with E-state index < -0.39 is 0 Å². The molecule has 6 nitrogen and oxygen atoms in total. The van der Waals surface area contributed by atoms with E-state index in [1.54, 1.807) is 0 Å². The van der Waals surface area contributed by atoms with E-state index in [4.69, 9.17) is 0 Å². The number of aryl methyl sites for hydroxylation is 2. The molecule has 2 aromatic heterocycles. The lowest BCUT2D eigenvalue weighted by atomic mass is 10.1. The van der Waals surface area contributed by atoms with Crippen molar-refractivity contribution in [1.82, 2.24) is 14.8 Å². The molecule has 0 saturated carbocycles. The highest BCUT2D eigenvalue weighted by Crippen LogP contribution is 2.26. The molecule has 3 rings (SSSR count). The van der Waals surface area contributed by atoms with E-state index in [9.17, 15) is 4.79 Å². The van der Waals surface area contributed by atoms with Gasteiger partial charge < -0.3 is 10.2 Å². The molecule has 1 N–H and O–H groups in total. The molecule has 3 aromatic rings. The predicted molar refractivity (Wildman–Crippen MR) is 121 cm³/mol. The summed E-state index contributed by atoms with van der Waals surface area (Å²) < 4.78 is 1.88. The number of amides is 1. The van der Waals surface area contributed by atoms with Gasteiger partial charge in [0.1, 0.15) is 4.88 Å². The van der Waals surface area contributed by atoms with Gasteiger partial charge in [0.05, 0.1) is 11.4 Å². The first-order chi connectivity index (χ1) is 13.8. The van der Waals surface area contributed by atoms with Crippen LogP contribution in [0.3, 0.4) is 0 Å². The maximum atomic E-state index is 12.8. The highest BCUT2D eigenvalue weighted by Gasteiger charge is 2.20. The molecule has 0 aliphatic heterocycles. The maximum absolute atomic E-state index is 12.8. The summed E-state index contributed by atoms with van der Waals surface area (Å²) in [4.78, 5) is 20.1. The minimum Gasteiger partial charge on any atom is -0.378 e. The molecular formula is C22H29N5OS. The molecule has 1 aromatic carbocycles. The molecule has 29 heavy (non-hydrogen) atoms. The molecule has 7 heteroatoms. The Labute approximate surface area is 176 Å². The van der Waals surface area contributed by atoms with Gasteiger partial charge in [-0.05, 0) is 63.4 Å². The lowest BCUT2D eigenvalue weighted by molar-refractivity contribution is 0.103. The third-order valence-corrected chi connectivity index (χ3v) is 6.17. The standard InChI is InChI=1S/C22H29N5OS/c1-7-8-9-19-14(2)25-27(16(19)4)22-23-15(3)20(29-22)21(28)24-17-10-12-18(13-11-17)26(5)6/h10-13H,7-9H2,1-6H3,(H,24,28). The zero-order valence-corrected chi connectivity index (χ0v) is 18.9. The number of aromatic nitrogens is 3. The summed E-state index contributed by atoms with van der Waals surface area (Å²) in [5, 5.41) is 8.39. The van der Waals surface area contributed by atoms with Gasteiger partial charge in [0.15, 0.2) is 0 Å². The second-order valence-corrected chi connectivity index (χ2v) is 8.45. The van der Waals surface area contributed by atoms with Crippen LogP contribution in [0.4, 0.5) is 11.4 Å². The van der Waals surface area contributed by atoms with E-state index in [1.165, 1.54) is 16.9 Å². The van der Waals surface area contributed by atoms with Gasteiger partial charge in [0, 0.05) is 31.2 Å². The van der Waals surface area contributed by atoms with Crippen LogP contribution in [0.2, 0.25) is 0 Å². The summed E-state index contributed by atoms with van der Waals surface area (Å²) in [6.07, 6.45) is 3.32. The first-order valence-corrected chi connectivity index (χ1v) is 10.7. The maximum Gasteiger partial charge on any atom is 0.267 e. The van der Waals surface area contributed by atoms with E-state index in [-0.39, 0.29) is 5.91 Å². The molecule has 0 bridgehead atoms. The summed E-state index contributed by atoms with van der Waals surface area (Å²) in [7, 11) is 3.98. The van der Waals surface area contributed by atoms with Crippen molar-refractivity contribution in [2.75, 3.05) is 24.3 Å². The molecule has 0 saturated heterocycles. The van der Waals surface area contributed by atoms with Crippen LogP contribution in [-0.4, -0.2) is 34.8 Å². The van der Waals surface area contributed by atoms with Gasteiger partial charge in [0.25, 0.3) is 5.91 Å². The average molecular weight is 412 g/mol. The van der Waals surface area contributed by atoms with Crippen LogP contribution in [0.1, 0.15) is 52.1 Å². The third-order valence-electron chi connectivity index (χ3n) is 5.04. The van der Waals surface area contributed by atoms with E-state index in [1.807, 2.05) is 61.8 Å². The number of nitrogens with one attached hydrogen (secondary N) is 1. The largest absolute Gasteiger partial charge is 0.378 e. The molecule has 0 aliphatic carbocycles. The number of anilines is 2. The normalized spacial score (nSPS) is 11.0. The van der Waals surface area contributed by atoms with Crippen molar-refractivity contribution in [3.8, 4) is 5.13 Å². The average Bonchev–Trinajstić information content (AvgIpc) is 3.20. The lowest BCUT2D eigenvalue weighted by Crippen LogP contribution is -2.12. The molecular weight excluding hydrogens is 382 g/mol. The van der Waals surface area contributed by atoms with Crippen LogP contribution in [0, 0.1) is 20.8 Å². The number of rotatable bonds is 7. The topological polar surface area (TPSA) is 63.1 Å². The van der Waals surface area contributed by atoms with Gasteiger partial charge in [-0.15, -0.1) is 0 Å². The molecule has 2 heterocycles. The first-order valence-electron chi connectivity index (χ1n) is 9.93. The van der Waals surface area contributed by atoms with Gasteiger partial charge in [-0.3, -0.25) is 4.79 Å². The van der Waals surface area contributed by atoms with Crippen molar-refractivity contribution < 1.29 is 4.79 Å². The van der Waals surface area contributed by atoms with Crippen LogP contribution in [0.25, 0.3) is 5.13 Å². The number of nitrogens with zero attached hydrogens (tertiary/aromatic N) is 4. The van der Waals surface area contributed by atoms with E-state index in [0.29, 0.717) is 4.88 Å². The highest BCUT2D eigenvalue weighted by atomic mass is 32.1. The minimum absolute atomic E-state index is 0.142. The zero-order valence-electron chi connectivity index (χ0n) is 18.0. The Morgan fingerprint density at radius 1 is 1.14 bits per heavy atom. The fourth-order valence-corrected chi connectivity index (χ4v) is 4.26. The van der Waals surface area contributed by atoms with Gasteiger partial charge in [0.2, 0.25) is 5.13 Å². The first kappa shape index (κ1) is 21.0. The minimum atomic E-state index is -0.142. The lowest BCUT2D eigenvalue weighted by Gasteiger charge is -2.12. The number of hydrogen-bond acceptors (Lipinski definition) is 5. The van der Waals surface area contributed by atoms with Gasteiger partial charge in [-0.1, -0.05) is 24.7 Å². The second kappa shape index (κ2) is 8.78. The Hall–Kier alpha value is -2.67. The summed E-state index contributed by atoms with van der Waals surface area (Å²) in [5.74, 6) is -0.142. The number of hydrogen-bond donors (Lipinski definition) is 1. The van der Waals surface area contributed by atoms with Crippen LogP contribution >= 0.6 is 11.3 Å². The number of unbranched alkanes of at least 4 members (excludes halogenated alkanes) is 1. The fraction of sp³-hybridized carbons (Fsp3) is 0.409. The summed E-state index contributed by atoms with van der Waals surface area (Å²) in [6, 6.07) is 7.78. The van der Waals surface area contributed by atoms with Crippen molar-refractivity contribution in [2.24, 2.45) is 0 Å². The van der Waals surface area contributed by atoms with Gasteiger partial charge in [-0.25, -0.2) is 9.67 Å². The summed E-state index contributed by atoms with van der Waals surface area (Å²) >= 11 is 1.38. The van der Waals surface area contributed by atoms with Crippen molar-refractivity contribution in [2.45, 2.75) is 47.0 Å². The van der Waals surface area contributed by atoms with Crippen LogP contribution in [-0.2, 0) is 6.42 Å². The summed E-state index contributed by atoms with van der Waals surface area (Å²) in [6.45, 7) is 8.18. The smallest absolute Gasteiger partial charge is 0.267 e. The highest BCUT2D eigenvalue weighted by molar-refractivity contribution is 7.16. The Balaban J connectivity index is 1.82. The van der Waals surface area contributed by atoms with Crippen LogP contribution in [0.5, 0.6) is 0 Å². The Morgan fingerprint density at radius 2 is 1.83 bits per heavy atom. The van der Waals surface area contributed by atoms with E-state index >= 15 is 0 Å². The molecule has 1 amide bonds. The van der Waals surface area contributed by atoms with Crippen LogP contribution < -0.4 is 10.2 Å². The molecule has 0 aliphatic rings. The molecule has 0 spiro atoms. The van der Waals surface area contributed by atoms with Gasteiger partial charge in [-0.2, -0.15) is 5.10 Å². The number of carbonyl (C=O) groups is 1. The zero-order chi connectivity index (χ0) is 21.1. The fourth-order valence-electron chi connectivity index (χ4n) is 3.29. The Bertz CT molecular complexity index is 1000. The predicted octanol–water partition coefficient (Wildman–Crippen LogP) is 4.91. The summed E-state index contributed by atoms with van der Waals surface area (Å²) in [5.41, 5.74) is 6.00. The van der Waals surface area contributed by atoms with E-state index in [2.05, 4.69) is 29.2 Å². The van der Waals surface area contributed by atoms with Crippen molar-refractivity contribution in [3.63, 3.8) is 0 Å². The Kier molecular flexibility index (Phi) is 6.37. The van der Waals surface area contributed by atoms with E-state index in [0.717, 1.165) is 52.9 Å². The number of carbonyl (C=O) groups excluding carboxylic acids is 1. The molecule has 0 radical (unpaired) electrons. The SMILES string of the molecule is CCCCc1c(C)nn(-c2nc(C)c(C(=O)Nc3ccc(N(C)C)cc3)s2)c1C. The Morgan fingerprint density at radius 3 is 2.45 bits per heavy atom. The second-order valence-electron chi connectivity index (χ2n) is 7.47. The molecule has 0 unspecified atom stereocenters. The number of benzene rings is 1. The van der Waals surface area contributed by atoms with Crippen molar-refractivity contribution in [3.05, 3.63) is 51.8 Å². The van der Waals surface area contributed by atoms with Gasteiger partial charge >= 0.3 is 0 Å². The molecule has 154 valence electrons.